The summed E-state index contributed by atoms with van der Waals surface area (Å²) in [6.07, 6.45) is 2.66. The van der Waals surface area contributed by atoms with Crippen LogP contribution in [0.25, 0.3) is 0 Å². The number of hydrogen-bond donors (Lipinski definition) is 0. The largest absolute Gasteiger partial charge is 0.282 e. The van der Waals surface area contributed by atoms with E-state index < -0.39 is 5.41 Å². The third-order valence-electron chi connectivity index (χ3n) is 3.62. The number of rotatable bonds is 3. The molecule has 16 heavy (non-hydrogen) atoms. The molecule has 1 aliphatic carbocycles. The average Bonchev–Trinajstić information content (AvgIpc) is 2.89. The summed E-state index contributed by atoms with van der Waals surface area (Å²) in [4.78, 5) is 25.1. The van der Waals surface area contributed by atoms with Crippen molar-refractivity contribution < 1.29 is 9.59 Å². The topological polar surface area (TPSA) is 61.2 Å². The summed E-state index contributed by atoms with van der Waals surface area (Å²) in [6.45, 7) is 4.05. The van der Waals surface area contributed by atoms with Crippen molar-refractivity contribution in [1.82, 2.24) is 4.90 Å². The van der Waals surface area contributed by atoms with Crippen molar-refractivity contribution in [3.63, 3.8) is 0 Å². The van der Waals surface area contributed by atoms with Crippen molar-refractivity contribution in [1.29, 1.82) is 5.26 Å². The maximum Gasteiger partial charge on any atom is 0.235 e. The fourth-order valence-electron chi connectivity index (χ4n) is 2.26. The summed E-state index contributed by atoms with van der Waals surface area (Å²) in [5, 5.41) is 8.71. The fourth-order valence-corrected chi connectivity index (χ4v) is 2.26. The standard InChI is InChI=1S/C12H16N2O2/c1-11(2)7-9(15)14(10(11)16)8-12(3-4-12)5-6-13/h3-5,7-8H2,1-2H3. The smallest absolute Gasteiger partial charge is 0.235 e. The van der Waals surface area contributed by atoms with E-state index in [0.29, 0.717) is 19.4 Å². The highest BCUT2D eigenvalue weighted by molar-refractivity contribution is 6.05. The highest BCUT2D eigenvalue weighted by Gasteiger charge is 2.51. The SMILES string of the molecule is CC1(C)CC(=O)N(CC2(CC#N)CC2)C1=O. The van der Waals surface area contributed by atoms with Crippen LogP contribution in [0, 0.1) is 22.2 Å². The Labute approximate surface area is 95.2 Å². The van der Waals surface area contributed by atoms with Crippen molar-refractivity contribution in [3.8, 4) is 6.07 Å². The van der Waals surface area contributed by atoms with Crippen LogP contribution in [0.5, 0.6) is 0 Å². The highest BCUT2D eigenvalue weighted by atomic mass is 16.2. The number of amides is 2. The quantitative estimate of drug-likeness (QED) is 0.676. The van der Waals surface area contributed by atoms with Gasteiger partial charge in [-0.1, -0.05) is 13.8 Å². The van der Waals surface area contributed by atoms with E-state index in [1.165, 1.54) is 4.90 Å². The highest BCUT2D eigenvalue weighted by Crippen LogP contribution is 2.50. The molecular formula is C12H16N2O2. The van der Waals surface area contributed by atoms with Gasteiger partial charge < -0.3 is 0 Å². The molecule has 4 nitrogen and oxygen atoms in total. The lowest BCUT2D eigenvalue weighted by Crippen LogP contribution is -2.37. The van der Waals surface area contributed by atoms with E-state index in [0.717, 1.165) is 12.8 Å². The summed E-state index contributed by atoms with van der Waals surface area (Å²) in [5.41, 5.74) is -0.639. The number of imide groups is 1. The molecule has 0 N–H and O–H groups in total. The first-order valence-electron chi connectivity index (χ1n) is 5.62. The fraction of sp³-hybridized carbons (Fsp3) is 0.750. The number of nitriles is 1. The van der Waals surface area contributed by atoms with Crippen LogP contribution in [0.15, 0.2) is 0 Å². The molecule has 1 saturated carbocycles. The molecule has 86 valence electrons. The van der Waals surface area contributed by atoms with Crippen LogP contribution in [0.3, 0.4) is 0 Å². The predicted molar refractivity (Wildman–Crippen MR) is 57.0 cm³/mol. The molecule has 1 saturated heterocycles. The van der Waals surface area contributed by atoms with E-state index in [1.54, 1.807) is 13.8 Å². The van der Waals surface area contributed by atoms with Crippen molar-refractivity contribution in [3.05, 3.63) is 0 Å². The number of nitrogens with zero attached hydrogens (tertiary/aromatic N) is 2. The van der Waals surface area contributed by atoms with Gasteiger partial charge in [0.2, 0.25) is 11.8 Å². The number of hydrogen-bond acceptors (Lipinski definition) is 3. The Morgan fingerprint density at radius 3 is 2.38 bits per heavy atom. The summed E-state index contributed by atoms with van der Waals surface area (Å²) < 4.78 is 0. The minimum absolute atomic E-state index is 0.0817. The summed E-state index contributed by atoms with van der Waals surface area (Å²) in [5.74, 6) is -0.166. The lowest BCUT2D eigenvalue weighted by atomic mass is 9.92. The van der Waals surface area contributed by atoms with Crippen molar-refractivity contribution in [2.24, 2.45) is 10.8 Å². The Balaban J connectivity index is 2.09. The summed E-state index contributed by atoms with van der Waals surface area (Å²) in [7, 11) is 0. The molecule has 0 spiro atoms. The van der Waals surface area contributed by atoms with Gasteiger partial charge in [0.05, 0.1) is 11.5 Å². The zero-order chi connectivity index (χ0) is 12.0. The minimum atomic E-state index is -0.556. The lowest BCUT2D eigenvalue weighted by molar-refractivity contribution is -0.141. The molecule has 2 fully saturated rings. The van der Waals surface area contributed by atoms with Gasteiger partial charge in [0.1, 0.15) is 0 Å². The normalized spacial score (nSPS) is 25.7. The first kappa shape index (κ1) is 11.1. The number of carbonyl (C=O) groups is 2. The van der Waals surface area contributed by atoms with E-state index in [2.05, 4.69) is 6.07 Å². The molecule has 0 aromatic heterocycles. The van der Waals surface area contributed by atoms with Crippen molar-refractivity contribution in [2.45, 2.75) is 39.5 Å². The summed E-state index contributed by atoms with van der Waals surface area (Å²) in [6, 6.07) is 2.15. The molecule has 0 radical (unpaired) electrons. The van der Waals surface area contributed by atoms with Gasteiger partial charge in [0.15, 0.2) is 0 Å². The molecule has 2 rings (SSSR count). The zero-order valence-electron chi connectivity index (χ0n) is 9.75. The monoisotopic (exact) mass is 220 g/mol. The van der Waals surface area contributed by atoms with Gasteiger partial charge in [-0.25, -0.2) is 0 Å². The minimum Gasteiger partial charge on any atom is -0.282 e. The van der Waals surface area contributed by atoms with Crippen LogP contribution in [-0.2, 0) is 9.59 Å². The Morgan fingerprint density at radius 2 is 2.00 bits per heavy atom. The summed E-state index contributed by atoms with van der Waals surface area (Å²) >= 11 is 0. The lowest BCUT2D eigenvalue weighted by Gasteiger charge is -2.21. The van der Waals surface area contributed by atoms with E-state index in [-0.39, 0.29) is 17.2 Å². The van der Waals surface area contributed by atoms with Crippen molar-refractivity contribution in [2.75, 3.05) is 6.54 Å². The predicted octanol–water partition coefficient (Wildman–Crippen LogP) is 1.47. The van der Waals surface area contributed by atoms with Gasteiger partial charge >= 0.3 is 0 Å². The molecular weight excluding hydrogens is 204 g/mol. The third kappa shape index (κ3) is 1.71. The first-order valence-corrected chi connectivity index (χ1v) is 5.62. The first-order chi connectivity index (χ1) is 7.40. The zero-order valence-corrected chi connectivity index (χ0v) is 9.75. The third-order valence-corrected chi connectivity index (χ3v) is 3.62. The Bertz CT molecular complexity index is 388. The molecule has 4 heteroatoms. The van der Waals surface area contributed by atoms with Crippen molar-refractivity contribution >= 4 is 11.8 Å². The van der Waals surface area contributed by atoms with Gasteiger partial charge in [0.25, 0.3) is 0 Å². The van der Waals surface area contributed by atoms with Gasteiger partial charge in [-0.2, -0.15) is 5.26 Å². The van der Waals surface area contributed by atoms with Gasteiger partial charge in [-0.3, -0.25) is 14.5 Å². The van der Waals surface area contributed by atoms with Gasteiger partial charge in [-0.15, -0.1) is 0 Å². The van der Waals surface area contributed by atoms with Gasteiger partial charge in [0, 0.05) is 24.8 Å². The van der Waals surface area contributed by atoms with Crippen LogP contribution >= 0.6 is 0 Å². The number of carbonyl (C=O) groups excluding carboxylic acids is 2. The molecule has 0 aromatic rings. The van der Waals surface area contributed by atoms with Crippen LogP contribution in [0.1, 0.15) is 39.5 Å². The molecule has 1 aliphatic heterocycles. The second kappa shape index (κ2) is 3.31. The molecule has 0 aromatic carbocycles. The molecule has 0 bridgehead atoms. The molecule has 1 heterocycles. The number of likely N-dealkylation sites (tertiary alicyclic amines) is 1. The van der Waals surface area contributed by atoms with E-state index in [9.17, 15) is 9.59 Å². The molecule has 0 atom stereocenters. The maximum atomic E-state index is 12.0. The second-order valence-corrected chi connectivity index (χ2v) is 5.68. The second-order valence-electron chi connectivity index (χ2n) is 5.68. The van der Waals surface area contributed by atoms with E-state index >= 15 is 0 Å². The van der Waals surface area contributed by atoms with E-state index in [1.807, 2.05) is 0 Å². The molecule has 0 unspecified atom stereocenters. The Morgan fingerprint density at radius 1 is 1.38 bits per heavy atom. The van der Waals surface area contributed by atoms with E-state index in [4.69, 9.17) is 5.26 Å². The maximum absolute atomic E-state index is 12.0. The molecule has 2 aliphatic rings. The van der Waals surface area contributed by atoms with Crippen LogP contribution < -0.4 is 0 Å². The van der Waals surface area contributed by atoms with Crippen LogP contribution in [0.2, 0.25) is 0 Å². The van der Waals surface area contributed by atoms with Crippen LogP contribution in [0.4, 0.5) is 0 Å². The average molecular weight is 220 g/mol. The Hall–Kier alpha value is -1.37. The molecule has 2 amide bonds. The van der Waals surface area contributed by atoms with Gasteiger partial charge in [-0.05, 0) is 12.8 Å². The Kier molecular flexibility index (Phi) is 2.30. The van der Waals surface area contributed by atoms with Crippen LogP contribution in [-0.4, -0.2) is 23.3 Å².